The number of benzene rings is 2. The molecule has 168 valence electrons. The molecule has 1 atom stereocenters. The van der Waals surface area contributed by atoms with E-state index in [0.717, 1.165) is 0 Å². The number of halogens is 1. The fraction of sp³-hybridized carbons (Fsp3) is 0.292. The highest BCUT2D eigenvalue weighted by Gasteiger charge is 2.45. The van der Waals surface area contributed by atoms with E-state index in [-0.39, 0.29) is 24.3 Å². The highest BCUT2D eigenvalue weighted by molar-refractivity contribution is 6.46. The van der Waals surface area contributed by atoms with Crippen molar-refractivity contribution in [3.8, 4) is 5.75 Å². The van der Waals surface area contributed by atoms with Crippen molar-refractivity contribution < 1.29 is 29.3 Å². The van der Waals surface area contributed by atoms with Crippen LogP contribution in [-0.4, -0.2) is 46.4 Å². The largest absolute Gasteiger partial charge is 0.507 e. The van der Waals surface area contributed by atoms with E-state index >= 15 is 0 Å². The Hall–Kier alpha value is -3.32. The first-order valence-corrected chi connectivity index (χ1v) is 10.6. The summed E-state index contributed by atoms with van der Waals surface area (Å²) in [5, 5.41) is 20.3. The van der Waals surface area contributed by atoms with Gasteiger partial charge in [0.15, 0.2) is 0 Å². The highest BCUT2D eigenvalue weighted by atomic mass is 35.5. The second kappa shape index (κ2) is 10.3. The number of carboxylic acid groups (broad SMARTS) is 1. The molecule has 8 heteroatoms. The minimum Gasteiger partial charge on any atom is -0.507 e. The van der Waals surface area contributed by atoms with Crippen molar-refractivity contribution >= 4 is 35.0 Å². The molecule has 1 fully saturated rings. The minimum atomic E-state index is -0.869. The Bertz CT molecular complexity index is 1030. The summed E-state index contributed by atoms with van der Waals surface area (Å²) in [6.07, 6.45) is 1.67. The molecule has 0 aliphatic carbocycles. The van der Waals surface area contributed by atoms with E-state index in [4.69, 9.17) is 21.4 Å². The van der Waals surface area contributed by atoms with Crippen LogP contribution in [0.1, 0.15) is 42.9 Å². The van der Waals surface area contributed by atoms with Crippen LogP contribution < -0.4 is 4.74 Å². The van der Waals surface area contributed by atoms with Gasteiger partial charge in [0.2, 0.25) is 0 Å². The molecule has 7 nitrogen and oxygen atoms in total. The molecule has 1 heterocycles. The van der Waals surface area contributed by atoms with Crippen LogP contribution in [0.2, 0.25) is 5.02 Å². The monoisotopic (exact) mass is 457 g/mol. The number of nitrogens with zero attached hydrogens (tertiary/aromatic N) is 1. The van der Waals surface area contributed by atoms with Gasteiger partial charge in [0, 0.05) is 23.6 Å². The van der Waals surface area contributed by atoms with Crippen molar-refractivity contribution in [1.29, 1.82) is 0 Å². The Morgan fingerprint density at radius 2 is 1.66 bits per heavy atom. The Morgan fingerprint density at radius 3 is 2.25 bits per heavy atom. The maximum Gasteiger partial charge on any atom is 0.303 e. The molecule has 0 bridgehead atoms. The Morgan fingerprint density at radius 1 is 1.00 bits per heavy atom. The first-order chi connectivity index (χ1) is 15.3. The quantitative estimate of drug-likeness (QED) is 0.250. The topological polar surface area (TPSA) is 104 Å². The Labute approximate surface area is 190 Å². The van der Waals surface area contributed by atoms with Gasteiger partial charge in [0.05, 0.1) is 18.7 Å². The second-order valence-electron chi connectivity index (χ2n) is 7.48. The molecule has 0 radical (unpaired) electrons. The van der Waals surface area contributed by atoms with E-state index in [0.29, 0.717) is 41.2 Å². The summed E-state index contributed by atoms with van der Waals surface area (Å²) in [6, 6.07) is 12.5. The van der Waals surface area contributed by atoms with Crippen LogP contribution >= 0.6 is 11.6 Å². The zero-order valence-electron chi connectivity index (χ0n) is 17.6. The maximum atomic E-state index is 12.9. The smallest absolute Gasteiger partial charge is 0.303 e. The van der Waals surface area contributed by atoms with Gasteiger partial charge in [-0.1, -0.05) is 30.2 Å². The zero-order valence-corrected chi connectivity index (χ0v) is 18.3. The first kappa shape index (κ1) is 23.3. The molecule has 1 saturated heterocycles. The van der Waals surface area contributed by atoms with E-state index in [1.807, 2.05) is 0 Å². The molecule has 32 heavy (non-hydrogen) atoms. The molecule has 2 aromatic rings. The first-order valence-electron chi connectivity index (χ1n) is 10.2. The van der Waals surface area contributed by atoms with Gasteiger partial charge >= 0.3 is 5.97 Å². The van der Waals surface area contributed by atoms with Crippen LogP contribution in [-0.2, 0) is 14.4 Å². The number of likely N-dealkylation sites (tertiary alicyclic amines) is 1. The van der Waals surface area contributed by atoms with Crippen LogP contribution in [0.15, 0.2) is 54.1 Å². The van der Waals surface area contributed by atoms with Crippen molar-refractivity contribution in [1.82, 2.24) is 4.90 Å². The maximum absolute atomic E-state index is 12.9. The SMILES string of the molecule is COc1ccc(/C(O)=C2/C(=O)C(=O)N(CCCCCC(=O)O)C2c2ccc(Cl)cc2)cc1. The summed E-state index contributed by atoms with van der Waals surface area (Å²) in [7, 11) is 1.53. The number of unbranched alkanes of at least 4 members (excludes halogenated alkanes) is 2. The normalized spacial score (nSPS) is 17.6. The molecule has 1 amide bonds. The molecule has 0 aromatic heterocycles. The number of aliphatic carboxylic acids is 1. The van der Waals surface area contributed by atoms with Crippen molar-refractivity contribution in [2.24, 2.45) is 0 Å². The summed E-state index contributed by atoms with van der Waals surface area (Å²) in [4.78, 5) is 38.0. The number of hydrogen-bond acceptors (Lipinski definition) is 5. The number of aliphatic hydroxyl groups is 1. The lowest BCUT2D eigenvalue weighted by Crippen LogP contribution is -2.30. The number of carbonyl (C=O) groups excluding carboxylic acids is 2. The summed E-state index contributed by atoms with van der Waals surface area (Å²) < 4.78 is 5.13. The summed E-state index contributed by atoms with van der Waals surface area (Å²) in [6.45, 7) is 0.261. The van der Waals surface area contributed by atoms with Gasteiger partial charge in [0.1, 0.15) is 11.5 Å². The number of ether oxygens (including phenoxy) is 1. The van der Waals surface area contributed by atoms with E-state index in [9.17, 15) is 19.5 Å². The molecule has 1 aliphatic heterocycles. The molecule has 0 spiro atoms. The van der Waals surface area contributed by atoms with Crippen LogP contribution in [0.4, 0.5) is 0 Å². The van der Waals surface area contributed by atoms with Crippen molar-refractivity contribution in [2.45, 2.75) is 31.7 Å². The fourth-order valence-electron chi connectivity index (χ4n) is 3.74. The van der Waals surface area contributed by atoms with Crippen LogP contribution in [0.3, 0.4) is 0 Å². The van der Waals surface area contributed by atoms with Crippen LogP contribution in [0, 0.1) is 0 Å². The second-order valence-corrected chi connectivity index (χ2v) is 7.91. The molecule has 3 rings (SSSR count). The van der Waals surface area contributed by atoms with Gasteiger partial charge in [-0.15, -0.1) is 0 Å². The summed E-state index contributed by atoms with van der Waals surface area (Å²) in [5.74, 6) is -2.00. The number of methoxy groups -OCH3 is 1. The average molecular weight is 458 g/mol. The van der Waals surface area contributed by atoms with Crippen LogP contribution in [0.25, 0.3) is 5.76 Å². The van der Waals surface area contributed by atoms with Crippen LogP contribution in [0.5, 0.6) is 5.75 Å². The molecule has 0 saturated carbocycles. The Kier molecular flexibility index (Phi) is 7.53. The van der Waals surface area contributed by atoms with Gasteiger partial charge in [0.25, 0.3) is 11.7 Å². The van der Waals surface area contributed by atoms with E-state index in [1.54, 1.807) is 48.5 Å². The predicted molar refractivity (Wildman–Crippen MR) is 120 cm³/mol. The number of ketones is 1. The number of carbonyl (C=O) groups is 3. The lowest BCUT2D eigenvalue weighted by atomic mass is 9.95. The zero-order chi connectivity index (χ0) is 23.3. The molecular formula is C24H24ClNO6. The number of rotatable bonds is 9. The molecule has 1 unspecified atom stereocenters. The number of hydrogen-bond donors (Lipinski definition) is 2. The fourth-order valence-corrected chi connectivity index (χ4v) is 3.87. The number of aliphatic hydroxyl groups excluding tert-OH is 1. The number of amides is 1. The lowest BCUT2D eigenvalue weighted by molar-refractivity contribution is -0.140. The van der Waals surface area contributed by atoms with Gasteiger partial charge in [-0.25, -0.2) is 0 Å². The van der Waals surface area contributed by atoms with Gasteiger partial charge in [-0.3, -0.25) is 14.4 Å². The lowest BCUT2D eigenvalue weighted by Gasteiger charge is -2.25. The van der Waals surface area contributed by atoms with E-state index < -0.39 is 23.7 Å². The average Bonchev–Trinajstić information content (AvgIpc) is 3.03. The van der Waals surface area contributed by atoms with E-state index in [2.05, 4.69) is 0 Å². The predicted octanol–water partition coefficient (Wildman–Crippen LogP) is 4.42. The third-order valence-electron chi connectivity index (χ3n) is 5.38. The summed E-state index contributed by atoms with van der Waals surface area (Å²) >= 11 is 6.01. The molecule has 2 aromatic carbocycles. The van der Waals surface area contributed by atoms with Gasteiger partial charge in [-0.2, -0.15) is 0 Å². The molecule has 1 aliphatic rings. The van der Waals surface area contributed by atoms with Crippen molar-refractivity contribution in [3.05, 3.63) is 70.3 Å². The van der Waals surface area contributed by atoms with Gasteiger partial charge < -0.3 is 19.8 Å². The number of carboxylic acids is 1. The third-order valence-corrected chi connectivity index (χ3v) is 5.63. The minimum absolute atomic E-state index is 0.00743. The molecular weight excluding hydrogens is 434 g/mol. The highest BCUT2D eigenvalue weighted by Crippen LogP contribution is 2.40. The van der Waals surface area contributed by atoms with Crippen molar-refractivity contribution in [2.75, 3.05) is 13.7 Å². The summed E-state index contributed by atoms with van der Waals surface area (Å²) in [5.41, 5.74) is 1.05. The standard InChI is InChI=1S/C24H24ClNO6/c1-32-18-12-8-16(9-13-18)22(29)20-21(15-6-10-17(25)11-7-15)26(24(31)23(20)30)14-4-2-3-5-19(27)28/h6-13,21,29H,2-5,14H2,1H3,(H,27,28)/b22-20-. The van der Waals surface area contributed by atoms with Gasteiger partial charge in [-0.05, 0) is 54.8 Å². The van der Waals surface area contributed by atoms with Crippen molar-refractivity contribution in [3.63, 3.8) is 0 Å². The Balaban J connectivity index is 1.96. The number of Topliss-reactive ketones (excluding diaryl/α,β-unsaturated/α-hetero) is 1. The molecule has 2 N–H and O–H groups in total. The van der Waals surface area contributed by atoms with E-state index in [1.165, 1.54) is 12.0 Å². The third kappa shape index (κ3) is 5.11.